The Morgan fingerprint density at radius 1 is 1.03 bits per heavy atom. The Balaban J connectivity index is 1.75. The van der Waals surface area contributed by atoms with Crippen LogP contribution in [0.15, 0.2) is 54.6 Å². The maximum atomic E-state index is 13.2. The highest BCUT2D eigenvalue weighted by Gasteiger charge is 2.39. The lowest BCUT2D eigenvalue weighted by atomic mass is 10.1. The molecule has 186 valence electrons. The molecule has 2 aromatic rings. The average molecular weight is 482 g/mol. The highest BCUT2D eigenvalue weighted by atomic mass is 16.6. The average Bonchev–Trinajstić information content (AvgIpc) is 3.20. The van der Waals surface area contributed by atoms with Gasteiger partial charge >= 0.3 is 12.1 Å². The number of nitrogens with one attached hydrogen (secondary N) is 2. The number of benzene rings is 2. The number of carbonyl (C=O) groups is 4. The maximum Gasteiger partial charge on any atom is 0.408 e. The first-order valence-corrected chi connectivity index (χ1v) is 11.5. The summed E-state index contributed by atoms with van der Waals surface area (Å²) in [6.45, 7) is 6.68. The standard InChI is InChI=1S/C26H31N3O6/c1-5-34-24(32)20-15-18-13-9-10-14-19(18)29(20)21(30)16-27-23(31)22(17-11-7-6-8-12-17)28-25(33)35-26(2,3)4/h6-14,20,22H,5,15-16H2,1-4H3,(H,27,31)(H,28,33)/t20-,22-/m0/s1. The van der Waals surface area contributed by atoms with Gasteiger partial charge in [-0.2, -0.15) is 0 Å². The fourth-order valence-corrected chi connectivity index (χ4v) is 3.84. The lowest BCUT2D eigenvalue weighted by Gasteiger charge is -2.26. The summed E-state index contributed by atoms with van der Waals surface area (Å²) in [5, 5.41) is 5.17. The summed E-state index contributed by atoms with van der Waals surface area (Å²) < 4.78 is 10.5. The summed E-state index contributed by atoms with van der Waals surface area (Å²) in [4.78, 5) is 52.5. The largest absolute Gasteiger partial charge is 0.464 e. The second kappa shape index (κ2) is 11.0. The van der Waals surface area contributed by atoms with E-state index in [1.54, 1.807) is 70.2 Å². The van der Waals surface area contributed by atoms with Crippen molar-refractivity contribution in [3.63, 3.8) is 0 Å². The van der Waals surface area contributed by atoms with Gasteiger partial charge in [-0.3, -0.25) is 14.5 Å². The quantitative estimate of drug-likeness (QED) is 0.588. The van der Waals surface area contributed by atoms with Crippen LogP contribution in [0.5, 0.6) is 0 Å². The molecule has 35 heavy (non-hydrogen) atoms. The molecule has 0 unspecified atom stereocenters. The highest BCUT2D eigenvalue weighted by Crippen LogP contribution is 2.32. The fourth-order valence-electron chi connectivity index (χ4n) is 3.84. The number of anilines is 1. The van der Waals surface area contributed by atoms with Gasteiger partial charge in [-0.1, -0.05) is 48.5 Å². The number of amides is 3. The monoisotopic (exact) mass is 481 g/mol. The number of rotatable bonds is 7. The number of esters is 1. The van der Waals surface area contributed by atoms with E-state index in [0.29, 0.717) is 17.7 Å². The van der Waals surface area contributed by atoms with Crippen LogP contribution >= 0.6 is 0 Å². The van der Waals surface area contributed by atoms with Crippen molar-refractivity contribution in [1.29, 1.82) is 0 Å². The van der Waals surface area contributed by atoms with E-state index in [2.05, 4.69) is 10.6 Å². The molecule has 3 rings (SSSR count). The maximum absolute atomic E-state index is 13.2. The smallest absolute Gasteiger partial charge is 0.408 e. The van der Waals surface area contributed by atoms with Crippen molar-refractivity contribution in [2.24, 2.45) is 0 Å². The molecule has 1 aliphatic heterocycles. The van der Waals surface area contributed by atoms with Crippen LogP contribution in [0.3, 0.4) is 0 Å². The second-order valence-corrected chi connectivity index (χ2v) is 9.07. The van der Waals surface area contributed by atoms with Crippen LogP contribution in [-0.2, 0) is 30.3 Å². The summed E-state index contributed by atoms with van der Waals surface area (Å²) >= 11 is 0. The van der Waals surface area contributed by atoms with Crippen molar-refractivity contribution < 1.29 is 28.7 Å². The van der Waals surface area contributed by atoms with E-state index in [1.807, 2.05) is 12.1 Å². The molecule has 0 saturated carbocycles. The molecule has 0 fully saturated rings. The zero-order chi connectivity index (χ0) is 25.6. The Hall–Kier alpha value is -3.88. The third-order valence-corrected chi connectivity index (χ3v) is 5.27. The van der Waals surface area contributed by atoms with Crippen molar-refractivity contribution in [2.75, 3.05) is 18.1 Å². The summed E-state index contributed by atoms with van der Waals surface area (Å²) in [5.74, 6) is -1.56. The van der Waals surface area contributed by atoms with Gasteiger partial charge in [-0.25, -0.2) is 9.59 Å². The van der Waals surface area contributed by atoms with E-state index in [9.17, 15) is 19.2 Å². The second-order valence-electron chi connectivity index (χ2n) is 9.07. The molecule has 9 nitrogen and oxygen atoms in total. The van der Waals surface area contributed by atoms with Crippen LogP contribution in [-0.4, -0.2) is 48.7 Å². The van der Waals surface area contributed by atoms with Gasteiger partial charge in [0, 0.05) is 12.1 Å². The summed E-state index contributed by atoms with van der Waals surface area (Å²) in [7, 11) is 0. The Morgan fingerprint density at radius 2 is 1.69 bits per heavy atom. The van der Waals surface area contributed by atoms with Crippen molar-refractivity contribution in [2.45, 2.75) is 51.8 Å². The number of ether oxygens (including phenoxy) is 2. The minimum absolute atomic E-state index is 0.194. The van der Waals surface area contributed by atoms with Gasteiger partial charge in [0.15, 0.2) is 0 Å². The molecule has 0 aliphatic carbocycles. The fraction of sp³-hybridized carbons (Fsp3) is 0.385. The first kappa shape index (κ1) is 25.7. The van der Waals surface area contributed by atoms with Gasteiger partial charge in [0.2, 0.25) is 11.8 Å². The third-order valence-electron chi connectivity index (χ3n) is 5.27. The number of para-hydroxylation sites is 1. The topological polar surface area (TPSA) is 114 Å². The lowest BCUT2D eigenvalue weighted by Crippen LogP contribution is -2.49. The molecule has 1 aliphatic rings. The van der Waals surface area contributed by atoms with Gasteiger partial charge < -0.3 is 20.1 Å². The van der Waals surface area contributed by atoms with Gasteiger partial charge in [-0.05, 0) is 44.9 Å². The molecule has 2 aromatic carbocycles. The molecule has 2 N–H and O–H groups in total. The summed E-state index contributed by atoms with van der Waals surface area (Å²) in [6.07, 6.45) is -0.426. The number of carbonyl (C=O) groups excluding carboxylic acids is 4. The number of alkyl carbamates (subject to hydrolysis) is 1. The molecular formula is C26H31N3O6. The first-order valence-electron chi connectivity index (χ1n) is 11.5. The van der Waals surface area contributed by atoms with Crippen LogP contribution in [0, 0.1) is 0 Å². The zero-order valence-corrected chi connectivity index (χ0v) is 20.4. The Morgan fingerprint density at radius 3 is 2.34 bits per heavy atom. The third kappa shape index (κ3) is 6.59. The summed E-state index contributed by atoms with van der Waals surface area (Å²) in [6, 6.07) is 14.0. The van der Waals surface area contributed by atoms with Crippen LogP contribution in [0.25, 0.3) is 0 Å². The van der Waals surface area contributed by atoms with Crippen LogP contribution < -0.4 is 15.5 Å². The Labute approximate surface area is 204 Å². The minimum atomic E-state index is -1.08. The van der Waals surface area contributed by atoms with Gasteiger partial charge in [0.1, 0.15) is 17.7 Å². The van der Waals surface area contributed by atoms with Crippen LogP contribution in [0.4, 0.5) is 10.5 Å². The van der Waals surface area contributed by atoms with E-state index in [0.717, 1.165) is 5.56 Å². The van der Waals surface area contributed by atoms with E-state index >= 15 is 0 Å². The van der Waals surface area contributed by atoms with Crippen molar-refractivity contribution >= 4 is 29.6 Å². The van der Waals surface area contributed by atoms with E-state index in [1.165, 1.54) is 4.90 Å². The number of fused-ring (bicyclic) bond motifs is 1. The molecule has 2 atom stereocenters. The van der Waals surface area contributed by atoms with Gasteiger partial charge in [0.25, 0.3) is 0 Å². The molecular weight excluding hydrogens is 450 g/mol. The SMILES string of the molecule is CCOC(=O)[C@@H]1Cc2ccccc2N1C(=O)CNC(=O)[C@@H](NC(=O)OC(C)(C)C)c1ccccc1. The first-order chi connectivity index (χ1) is 16.6. The predicted octanol–water partition coefficient (Wildman–Crippen LogP) is 2.89. The van der Waals surface area contributed by atoms with Crippen LogP contribution in [0.1, 0.15) is 44.9 Å². The van der Waals surface area contributed by atoms with E-state index < -0.39 is 41.6 Å². The Kier molecular flexibility index (Phi) is 8.11. The zero-order valence-electron chi connectivity index (χ0n) is 20.4. The number of nitrogens with zero attached hydrogens (tertiary/aromatic N) is 1. The molecule has 9 heteroatoms. The number of hydrogen-bond acceptors (Lipinski definition) is 6. The lowest BCUT2D eigenvalue weighted by molar-refractivity contribution is -0.145. The highest BCUT2D eigenvalue weighted by molar-refractivity contribution is 6.04. The van der Waals surface area contributed by atoms with Crippen molar-refractivity contribution in [1.82, 2.24) is 10.6 Å². The molecule has 0 radical (unpaired) electrons. The van der Waals surface area contributed by atoms with Crippen LogP contribution in [0.2, 0.25) is 0 Å². The van der Waals surface area contributed by atoms with Gasteiger partial charge in [0.05, 0.1) is 13.2 Å². The molecule has 3 amide bonds. The number of hydrogen-bond donors (Lipinski definition) is 2. The molecule has 1 heterocycles. The normalized spacial score (nSPS) is 15.5. The minimum Gasteiger partial charge on any atom is -0.464 e. The van der Waals surface area contributed by atoms with E-state index in [4.69, 9.17) is 9.47 Å². The van der Waals surface area contributed by atoms with Crippen molar-refractivity contribution in [3.8, 4) is 0 Å². The Bertz CT molecular complexity index is 1080. The van der Waals surface area contributed by atoms with Gasteiger partial charge in [-0.15, -0.1) is 0 Å². The van der Waals surface area contributed by atoms with Crippen molar-refractivity contribution in [3.05, 3.63) is 65.7 Å². The molecule has 0 bridgehead atoms. The molecule has 0 spiro atoms. The summed E-state index contributed by atoms with van der Waals surface area (Å²) in [5.41, 5.74) is 1.23. The van der Waals surface area contributed by atoms with E-state index in [-0.39, 0.29) is 13.2 Å². The molecule has 0 aromatic heterocycles. The molecule has 0 saturated heterocycles. The predicted molar refractivity (Wildman–Crippen MR) is 130 cm³/mol.